The van der Waals surface area contributed by atoms with E-state index >= 15 is 0 Å². The van der Waals surface area contributed by atoms with Crippen molar-refractivity contribution in [2.75, 3.05) is 27.2 Å². The highest BCUT2D eigenvalue weighted by atomic mass is 16.1. The van der Waals surface area contributed by atoms with E-state index in [9.17, 15) is 4.79 Å². The van der Waals surface area contributed by atoms with Crippen LogP contribution in [0.4, 0.5) is 0 Å². The van der Waals surface area contributed by atoms with Crippen LogP contribution >= 0.6 is 0 Å². The fraction of sp³-hybridized carbons (Fsp3) is 0.600. The summed E-state index contributed by atoms with van der Waals surface area (Å²) >= 11 is 0. The van der Waals surface area contributed by atoms with Gasteiger partial charge in [-0.05, 0) is 18.6 Å². The summed E-state index contributed by atoms with van der Waals surface area (Å²) in [6, 6.07) is 4.11. The predicted octanol–water partition coefficient (Wildman–Crippen LogP) is 0.949. The molecule has 0 saturated carbocycles. The number of amides is 1. The minimum atomic E-state index is 0.0740. The minimum absolute atomic E-state index is 0.0740. The number of carbonyl (C=O) groups excluding carboxylic acids is 1. The quantitative estimate of drug-likeness (QED) is 0.581. The first-order valence-electron chi connectivity index (χ1n) is 7.37. The summed E-state index contributed by atoms with van der Waals surface area (Å²) in [5.74, 6) is 0.865. The Morgan fingerprint density at radius 3 is 2.71 bits per heavy atom. The molecule has 0 saturated heterocycles. The number of nitrogens with one attached hydrogen (secondary N) is 2. The number of aromatic nitrogens is 1. The topological polar surface area (TPSA) is 61.7 Å². The van der Waals surface area contributed by atoms with E-state index < -0.39 is 0 Å². The molecule has 1 rings (SSSR count). The summed E-state index contributed by atoms with van der Waals surface area (Å²) in [6.45, 7) is 4.13. The Labute approximate surface area is 127 Å². The van der Waals surface area contributed by atoms with Gasteiger partial charge in [0.1, 0.15) is 0 Å². The summed E-state index contributed by atoms with van der Waals surface area (Å²) in [5, 5.41) is 6.08. The minimum Gasteiger partial charge on any atom is -0.356 e. The van der Waals surface area contributed by atoms with Gasteiger partial charge in [-0.3, -0.25) is 9.79 Å². The molecule has 0 aromatic carbocycles. The van der Waals surface area contributed by atoms with Crippen LogP contribution in [0.1, 0.15) is 25.5 Å². The van der Waals surface area contributed by atoms with Crippen molar-refractivity contribution in [2.24, 2.45) is 12.0 Å². The molecule has 6 heteroatoms. The van der Waals surface area contributed by atoms with E-state index in [4.69, 9.17) is 0 Å². The number of aryl methyl sites for hydroxylation is 1. The standard InChI is InChI=1S/C15H27N5O/c1-5-9-17-14(21)8-10-18-15(16-2)20(4)12-13-7-6-11-19(13)3/h6-7,11H,5,8-10,12H2,1-4H3,(H,16,18)(H,17,21). The van der Waals surface area contributed by atoms with Gasteiger partial charge >= 0.3 is 0 Å². The number of carbonyl (C=O) groups is 1. The highest BCUT2D eigenvalue weighted by Gasteiger charge is 2.08. The van der Waals surface area contributed by atoms with Crippen molar-refractivity contribution in [3.63, 3.8) is 0 Å². The molecule has 0 radical (unpaired) electrons. The molecule has 1 aromatic heterocycles. The van der Waals surface area contributed by atoms with E-state index in [0.717, 1.165) is 25.5 Å². The maximum absolute atomic E-state index is 11.5. The Bertz CT molecular complexity index is 466. The summed E-state index contributed by atoms with van der Waals surface area (Å²) < 4.78 is 2.09. The third-order valence-corrected chi connectivity index (χ3v) is 3.23. The number of hydrogen-bond acceptors (Lipinski definition) is 2. The maximum atomic E-state index is 11.5. The molecule has 0 aliphatic rings. The molecule has 1 aromatic rings. The number of nitrogens with zero attached hydrogens (tertiary/aromatic N) is 3. The lowest BCUT2D eigenvalue weighted by Crippen LogP contribution is -2.40. The van der Waals surface area contributed by atoms with Crippen molar-refractivity contribution in [3.05, 3.63) is 24.0 Å². The second kappa shape index (κ2) is 9.05. The van der Waals surface area contributed by atoms with Crippen molar-refractivity contribution < 1.29 is 4.79 Å². The summed E-state index contributed by atoms with van der Waals surface area (Å²) in [7, 11) is 5.76. The Kier molecular flexibility index (Phi) is 7.36. The van der Waals surface area contributed by atoms with Crippen LogP contribution in [0.25, 0.3) is 0 Å². The molecule has 21 heavy (non-hydrogen) atoms. The smallest absolute Gasteiger partial charge is 0.221 e. The fourth-order valence-corrected chi connectivity index (χ4v) is 2.00. The Hall–Kier alpha value is -1.98. The lowest BCUT2D eigenvalue weighted by Gasteiger charge is -2.22. The van der Waals surface area contributed by atoms with E-state index in [2.05, 4.69) is 26.3 Å². The van der Waals surface area contributed by atoms with Crippen LogP contribution < -0.4 is 10.6 Å². The van der Waals surface area contributed by atoms with Gasteiger partial charge in [0.25, 0.3) is 0 Å². The zero-order chi connectivity index (χ0) is 15.7. The molecule has 0 aliphatic carbocycles. The van der Waals surface area contributed by atoms with Gasteiger partial charge in [-0.15, -0.1) is 0 Å². The normalized spacial score (nSPS) is 11.3. The van der Waals surface area contributed by atoms with Crippen LogP contribution in [0.2, 0.25) is 0 Å². The first-order valence-corrected chi connectivity index (χ1v) is 7.37. The largest absolute Gasteiger partial charge is 0.356 e. The van der Waals surface area contributed by atoms with Gasteiger partial charge < -0.3 is 20.1 Å². The summed E-state index contributed by atoms with van der Waals surface area (Å²) in [4.78, 5) is 17.8. The van der Waals surface area contributed by atoms with E-state index in [1.807, 2.05) is 38.2 Å². The van der Waals surface area contributed by atoms with Gasteiger partial charge in [0, 0.05) is 52.5 Å². The molecule has 2 N–H and O–H groups in total. The zero-order valence-electron chi connectivity index (χ0n) is 13.5. The third-order valence-electron chi connectivity index (χ3n) is 3.23. The monoisotopic (exact) mass is 293 g/mol. The van der Waals surface area contributed by atoms with E-state index in [1.54, 1.807) is 7.05 Å². The Morgan fingerprint density at radius 2 is 2.14 bits per heavy atom. The molecule has 6 nitrogen and oxygen atoms in total. The molecule has 0 atom stereocenters. The number of aliphatic imine (C=N–C) groups is 1. The van der Waals surface area contributed by atoms with Crippen LogP contribution in [0.15, 0.2) is 23.3 Å². The molecule has 1 amide bonds. The first-order chi connectivity index (χ1) is 10.1. The second-order valence-electron chi connectivity index (χ2n) is 5.04. The molecule has 0 unspecified atom stereocenters. The lowest BCUT2D eigenvalue weighted by atomic mass is 10.3. The van der Waals surface area contributed by atoms with E-state index in [0.29, 0.717) is 13.0 Å². The molecule has 118 valence electrons. The van der Waals surface area contributed by atoms with Gasteiger partial charge in [0.15, 0.2) is 5.96 Å². The van der Waals surface area contributed by atoms with Crippen molar-refractivity contribution in [3.8, 4) is 0 Å². The van der Waals surface area contributed by atoms with Crippen LogP contribution in [0.5, 0.6) is 0 Å². The molecule has 0 fully saturated rings. The third kappa shape index (κ3) is 5.89. The Balaban J connectivity index is 2.37. The van der Waals surface area contributed by atoms with Crippen LogP contribution in [0, 0.1) is 0 Å². The molecule has 0 spiro atoms. The van der Waals surface area contributed by atoms with E-state index in [1.165, 1.54) is 5.69 Å². The average Bonchev–Trinajstić information content (AvgIpc) is 2.86. The highest BCUT2D eigenvalue weighted by Crippen LogP contribution is 2.03. The zero-order valence-corrected chi connectivity index (χ0v) is 13.5. The predicted molar refractivity (Wildman–Crippen MR) is 86.2 cm³/mol. The Morgan fingerprint density at radius 1 is 1.38 bits per heavy atom. The van der Waals surface area contributed by atoms with Gasteiger partial charge in [0.05, 0.1) is 6.54 Å². The highest BCUT2D eigenvalue weighted by molar-refractivity contribution is 5.81. The summed E-state index contributed by atoms with van der Waals surface area (Å²) in [5.41, 5.74) is 1.21. The number of hydrogen-bond donors (Lipinski definition) is 2. The van der Waals surface area contributed by atoms with Crippen molar-refractivity contribution in [1.82, 2.24) is 20.1 Å². The second-order valence-corrected chi connectivity index (χ2v) is 5.04. The van der Waals surface area contributed by atoms with E-state index in [-0.39, 0.29) is 5.91 Å². The van der Waals surface area contributed by atoms with Crippen LogP contribution in [0.3, 0.4) is 0 Å². The van der Waals surface area contributed by atoms with Gasteiger partial charge in [-0.1, -0.05) is 6.92 Å². The molecule has 1 heterocycles. The fourth-order valence-electron chi connectivity index (χ4n) is 2.00. The molecule has 0 bridgehead atoms. The molecule has 0 aliphatic heterocycles. The maximum Gasteiger partial charge on any atom is 0.221 e. The number of rotatable bonds is 7. The molecular weight excluding hydrogens is 266 g/mol. The van der Waals surface area contributed by atoms with Gasteiger partial charge in [0.2, 0.25) is 5.91 Å². The lowest BCUT2D eigenvalue weighted by molar-refractivity contribution is -0.120. The first kappa shape index (κ1) is 17.1. The number of guanidine groups is 1. The van der Waals surface area contributed by atoms with Gasteiger partial charge in [-0.25, -0.2) is 0 Å². The SMILES string of the molecule is CCCNC(=O)CCNC(=NC)N(C)Cc1cccn1C. The van der Waals surface area contributed by atoms with Crippen LogP contribution in [-0.4, -0.2) is 48.5 Å². The van der Waals surface area contributed by atoms with Crippen LogP contribution in [-0.2, 0) is 18.4 Å². The average molecular weight is 293 g/mol. The van der Waals surface area contributed by atoms with Crippen molar-refractivity contribution >= 4 is 11.9 Å². The van der Waals surface area contributed by atoms with Gasteiger partial charge in [-0.2, -0.15) is 0 Å². The van der Waals surface area contributed by atoms with Crippen molar-refractivity contribution in [2.45, 2.75) is 26.3 Å². The van der Waals surface area contributed by atoms with Crippen molar-refractivity contribution in [1.29, 1.82) is 0 Å². The molecular formula is C15H27N5O. The summed E-state index contributed by atoms with van der Waals surface area (Å²) in [6.07, 6.45) is 3.44.